The van der Waals surface area contributed by atoms with E-state index in [1.54, 1.807) is 0 Å². The predicted octanol–water partition coefficient (Wildman–Crippen LogP) is 1.93. The first-order chi connectivity index (χ1) is 8.67. The Kier molecular flexibility index (Phi) is 4.01. The van der Waals surface area contributed by atoms with Crippen LogP contribution in [0, 0.1) is 6.92 Å². The fourth-order valence-corrected chi connectivity index (χ4v) is 2.55. The van der Waals surface area contributed by atoms with Gasteiger partial charge in [0, 0.05) is 12.6 Å². The molecule has 0 aliphatic heterocycles. The van der Waals surface area contributed by atoms with Gasteiger partial charge in [-0.3, -0.25) is 0 Å². The molecule has 1 fully saturated rings. The number of hydrogen-bond donors (Lipinski definition) is 3. The van der Waals surface area contributed by atoms with Crippen LogP contribution >= 0.6 is 0 Å². The van der Waals surface area contributed by atoms with E-state index < -0.39 is 0 Å². The summed E-state index contributed by atoms with van der Waals surface area (Å²) in [6.07, 6.45) is 4.33. The summed E-state index contributed by atoms with van der Waals surface area (Å²) < 4.78 is 0. The second-order valence-electron chi connectivity index (χ2n) is 4.99. The van der Waals surface area contributed by atoms with Crippen molar-refractivity contribution in [2.24, 2.45) is 0 Å². The SMILES string of the molecule is CCNc1cc(NC2(CO)CCCC2)nc(C)n1. The number of rotatable bonds is 5. The van der Waals surface area contributed by atoms with E-state index in [-0.39, 0.29) is 12.1 Å². The Bertz CT molecular complexity index is 402. The summed E-state index contributed by atoms with van der Waals surface area (Å²) in [6, 6.07) is 1.91. The lowest BCUT2D eigenvalue weighted by Gasteiger charge is -2.28. The van der Waals surface area contributed by atoms with E-state index >= 15 is 0 Å². The van der Waals surface area contributed by atoms with Gasteiger partial charge in [0.2, 0.25) is 0 Å². The van der Waals surface area contributed by atoms with Crippen molar-refractivity contribution in [3.63, 3.8) is 0 Å². The molecule has 2 rings (SSSR count). The number of anilines is 2. The molecular formula is C13H22N4O. The summed E-state index contributed by atoms with van der Waals surface area (Å²) in [6.45, 7) is 4.91. The van der Waals surface area contributed by atoms with Crippen LogP contribution in [0.2, 0.25) is 0 Å². The molecule has 0 unspecified atom stereocenters. The third kappa shape index (κ3) is 2.90. The molecule has 100 valence electrons. The summed E-state index contributed by atoms with van der Waals surface area (Å²) in [5, 5.41) is 16.2. The van der Waals surface area contributed by atoms with Gasteiger partial charge in [-0.05, 0) is 26.7 Å². The van der Waals surface area contributed by atoms with Crippen molar-refractivity contribution in [1.29, 1.82) is 0 Å². The normalized spacial score (nSPS) is 17.7. The van der Waals surface area contributed by atoms with Gasteiger partial charge in [-0.2, -0.15) is 0 Å². The molecule has 0 radical (unpaired) electrons. The van der Waals surface area contributed by atoms with E-state index in [0.29, 0.717) is 0 Å². The number of nitrogens with zero attached hydrogens (tertiary/aromatic N) is 2. The lowest BCUT2D eigenvalue weighted by molar-refractivity contribution is 0.214. The summed E-state index contributed by atoms with van der Waals surface area (Å²) in [5.74, 6) is 2.37. The second kappa shape index (κ2) is 5.52. The van der Waals surface area contributed by atoms with E-state index in [2.05, 4.69) is 20.6 Å². The summed E-state index contributed by atoms with van der Waals surface area (Å²) in [7, 11) is 0. The highest BCUT2D eigenvalue weighted by Crippen LogP contribution is 2.32. The average molecular weight is 250 g/mol. The zero-order chi connectivity index (χ0) is 13.0. The fourth-order valence-electron chi connectivity index (χ4n) is 2.55. The third-order valence-corrected chi connectivity index (χ3v) is 3.45. The number of hydrogen-bond acceptors (Lipinski definition) is 5. The van der Waals surface area contributed by atoms with E-state index in [4.69, 9.17) is 0 Å². The van der Waals surface area contributed by atoms with Crippen molar-refractivity contribution in [2.75, 3.05) is 23.8 Å². The molecule has 1 aromatic rings. The van der Waals surface area contributed by atoms with Gasteiger partial charge >= 0.3 is 0 Å². The summed E-state index contributed by atoms with van der Waals surface area (Å²) >= 11 is 0. The van der Waals surface area contributed by atoms with E-state index in [1.165, 1.54) is 0 Å². The van der Waals surface area contributed by atoms with Gasteiger partial charge in [-0.15, -0.1) is 0 Å². The highest BCUT2D eigenvalue weighted by Gasteiger charge is 2.33. The van der Waals surface area contributed by atoms with Gasteiger partial charge in [-0.1, -0.05) is 12.8 Å². The Hall–Kier alpha value is -1.36. The maximum absolute atomic E-state index is 9.60. The molecule has 0 bridgehead atoms. The van der Waals surface area contributed by atoms with Crippen LogP contribution in [-0.4, -0.2) is 33.8 Å². The molecular weight excluding hydrogens is 228 g/mol. The smallest absolute Gasteiger partial charge is 0.132 e. The molecule has 3 N–H and O–H groups in total. The van der Waals surface area contributed by atoms with Crippen LogP contribution in [0.4, 0.5) is 11.6 Å². The van der Waals surface area contributed by atoms with Gasteiger partial charge in [0.25, 0.3) is 0 Å². The fraction of sp³-hybridized carbons (Fsp3) is 0.692. The predicted molar refractivity (Wildman–Crippen MR) is 72.8 cm³/mol. The van der Waals surface area contributed by atoms with Crippen LogP contribution in [0.5, 0.6) is 0 Å². The molecule has 0 atom stereocenters. The third-order valence-electron chi connectivity index (χ3n) is 3.45. The van der Waals surface area contributed by atoms with Crippen LogP contribution in [-0.2, 0) is 0 Å². The molecule has 1 aromatic heterocycles. The number of nitrogens with one attached hydrogen (secondary N) is 2. The maximum atomic E-state index is 9.60. The number of aryl methyl sites for hydroxylation is 1. The van der Waals surface area contributed by atoms with E-state index in [0.717, 1.165) is 49.7 Å². The molecule has 1 aliphatic rings. The number of aliphatic hydroxyl groups excluding tert-OH is 1. The molecule has 1 aliphatic carbocycles. The first-order valence-electron chi connectivity index (χ1n) is 6.66. The zero-order valence-electron chi connectivity index (χ0n) is 11.2. The van der Waals surface area contributed by atoms with Crippen molar-refractivity contribution in [2.45, 2.75) is 45.1 Å². The second-order valence-corrected chi connectivity index (χ2v) is 4.99. The minimum Gasteiger partial charge on any atom is -0.394 e. The van der Waals surface area contributed by atoms with Crippen molar-refractivity contribution < 1.29 is 5.11 Å². The van der Waals surface area contributed by atoms with Crippen LogP contribution in [0.15, 0.2) is 6.07 Å². The van der Waals surface area contributed by atoms with Crippen LogP contribution in [0.3, 0.4) is 0 Å². The van der Waals surface area contributed by atoms with E-state index in [1.807, 2.05) is 19.9 Å². The lowest BCUT2D eigenvalue weighted by Crippen LogP contribution is -2.39. The summed E-state index contributed by atoms with van der Waals surface area (Å²) in [5.41, 5.74) is -0.190. The quantitative estimate of drug-likeness (QED) is 0.745. The van der Waals surface area contributed by atoms with Gasteiger partial charge in [-0.25, -0.2) is 9.97 Å². The number of aromatic nitrogens is 2. The van der Waals surface area contributed by atoms with Crippen molar-refractivity contribution >= 4 is 11.6 Å². The summed E-state index contributed by atoms with van der Waals surface area (Å²) in [4.78, 5) is 8.72. The van der Waals surface area contributed by atoms with Crippen molar-refractivity contribution in [1.82, 2.24) is 9.97 Å². The van der Waals surface area contributed by atoms with Gasteiger partial charge < -0.3 is 15.7 Å². The highest BCUT2D eigenvalue weighted by atomic mass is 16.3. The van der Waals surface area contributed by atoms with Crippen LogP contribution in [0.1, 0.15) is 38.4 Å². The molecule has 0 spiro atoms. The zero-order valence-corrected chi connectivity index (χ0v) is 11.2. The molecule has 18 heavy (non-hydrogen) atoms. The Morgan fingerprint density at radius 3 is 2.56 bits per heavy atom. The van der Waals surface area contributed by atoms with Gasteiger partial charge in [0.05, 0.1) is 12.1 Å². The van der Waals surface area contributed by atoms with Crippen molar-refractivity contribution in [3.05, 3.63) is 11.9 Å². The molecule has 0 aromatic carbocycles. The number of aliphatic hydroxyl groups is 1. The monoisotopic (exact) mass is 250 g/mol. The Balaban J connectivity index is 2.17. The minimum atomic E-state index is -0.190. The Morgan fingerprint density at radius 1 is 1.28 bits per heavy atom. The Morgan fingerprint density at radius 2 is 1.94 bits per heavy atom. The standard InChI is InChI=1S/C13H22N4O/c1-3-14-11-8-12(16-10(2)15-11)17-13(9-18)6-4-5-7-13/h8,18H,3-7,9H2,1-2H3,(H2,14,15,16,17). The maximum Gasteiger partial charge on any atom is 0.132 e. The molecule has 1 heterocycles. The molecule has 5 nitrogen and oxygen atoms in total. The van der Waals surface area contributed by atoms with Crippen molar-refractivity contribution in [3.8, 4) is 0 Å². The van der Waals surface area contributed by atoms with E-state index in [9.17, 15) is 5.11 Å². The lowest BCUT2D eigenvalue weighted by atomic mass is 9.99. The molecule has 1 saturated carbocycles. The Labute approximate surface area is 108 Å². The first-order valence-corrected chi connectivity index (χ1v) is 6.66. The van der Waals surface area contributed by atoms with Crippen LogP contribution < -0.4 is 10.6 Å². The average Bonchev–Trinajstić information content (AvgIpc) is 2.78. The molecule has 0 amide bonds. The molecule has 0 saturated heterocycles. The topological polar surface area (TPSA) is 70.1 Å². The van der Waals surface area contributed by atoms with Gasteiger partial charge in [0.1, 0.15) is 17.5 Å². The van der Waals surface area contributed by atoms with Crippen LogP contribution in [0.25, 0.3) is 0 Å². The first kappa shape index (κ1) is 13.1. The minimum absolute atomic E-state index is 0.159. The highest BCUT2D eigenvalue weighted by molar-refractivity contribution is 5.49. The molecule has 5 heteroatoms. The largest absolute Gasteiger partial charge is 0.394 e. The van der Waals surface area contributed by atoms with Gasteiger partial charge in [0.15, 0.2) is 0 Å².